The van der Waals surface area contributed by atoms with Crippen molar-refractivity contribution >= 4 is 17.3 Å². The molecule has 1 aromatic rings. The SMILES string of the molecule is CCn1ncc(N[C@@H]2CCCC[C@H]2N)c(Cl)c1=O. The zero-order valence-corrected chi connectivity index (χ0v) is 11.3. The van der Waals surface area contributed by atoms with Crippen LogP contribution in [0.25, 0.3) is 0 Å². The summed E-state index contributed by atoms with van der Waals surface area (Å²) >= 11 is 6.07. The van der Waals surface area contributed by atoms with Crippen molar-refractivity contribution in [2.24, 2.45) is 5.73 Å². The van der Waals surface area contributed by atoms with E-state index in [1.54, 1.807) is 6.20 Å². The van der Waals surface area contributed by atoms with Crippen molar-refractivity contribution in [2.45, 2.75) is 51.2 Å². The highest BCUT2D eigenvalue weighted by molar-refractivity contribution is 6.32. The average molecular weight is 271 g/mol. The van der Waals surface area contributed by atoms with E-state index in [4.69, 9.17) is 17.3 Å². The normalized spacial score (nSPS) is 23.9. The molecule has 0 spiro atoms. The van der Waals surface area contributed by atoms with Crippen molar-refractivity contribution in [1.82, 2.24) is 9.78 Å². The molecule has 1 saturated carbocycles. The van der Waals surface area contributed by atoms with Gasteiger partial charge in [-0.3, -0.25) is 4.79 Å². The lowest BCUT2D eigenvalue weighted by atomic mass is 9.91. The fourth-order valence-electron chi connectivity index (χ4n) is 2.33. The molecule has 2 atom stereocenters. The molecule has 0 amide bonds. The second-order valence-corrected chi connectivity index (χ2v) is 5.07. The standard InChI is InChI=1S/C12H19ClN4O/c1-2-17-12(18)11(13)10(7-15-17)16-9-6-4-3-5-8(9)14/h7-9,16H,2-6,14H2,1H3/t8-,9-/m1/s1. The van der Waals surface area contributed by atoms with Crippen molar-refractivity contribution in [2.75, 3.05) is 5.32 Å². The fourth-order valence-corrected chi connectivity index (χ4v) is 2.53. The molecule has 1 aromatic heterocycles. The molecule has 0 aliphatic heterocycles. The van der Waals surface area contributed by atoms with Gasteiger partial charge in [0.1, 0.15) is 5.02 Å². The van der Waals surface area contributed by atoms with Crippen LogP contribution in [0.15, 0.2) is 11.0 Å². The molecule has 0 bridgehead atoms. The molecule has 2 rings (SSSR count). The largest absolute Gasteiger partial charge is 0.378 e. The number of aromatic nitrogens is 2. The van der Waals surface area contributed by atoms with E-state index in [9.17, 15) is 4.79 Å². The van der Waals surface area contributed by atoms with Crippen LogP contribution in [0.4, 0.5) is 5.69 Å². The lowest BCUT2D eigenvalue weighted by molar-refractivity contribution is 0.404. The van der Waals surface area contributed by atoms with Gasteiger partial charge in [-0.15, -0.1) is 0 Å². The summed E-state index contributed by atoms with van der Waals surface area (Å²) in [6.45, 7) is 2.37. The predicted octanol–water partition coefficient (Wildman–Crippen LogP) is 1.60. The second kappa shape index (κ2) is 5.71. The van der Waals surface area contributed by atoms with Gasteiger partial charge in [0.05, 0.1) is 11.9 Å². The van der Waals surface area contributed by atoms with Crippen LogP contribution < -0.4 is 16.6 Å². The number of hydrogen-bond acceptors (Lipinski definition) is 4. The second-order valence-electron chi connectivity index (χ2n) is 4.69. The Morgan fingerprint density at radius 1 is 1.56 bits per heavy atom. The third-order valence-electron chi connectivity index (χ3n) is 3.44. The molecule has 1 aliphatic carbocycles. The van der Waals surface area contributed by atoms with Crippen LogP contribution in [0.1, 0.15) is 32.6 Å². The fraction of sp³-hybridized carbons (Fsp3) is 0.667. The summed E-state index contributed by atoms with van der Waals surface area (Å²) in [7, 11) is 0. The minimum absolute atomic E-state index is 0.114. The van der Waals surface area contributed by atoms with Crippen LogP contribution in [0.5, 0.6) is 0 Å². The molecular formula is C12H19ClN4O. The summed E-state index contributed by atoms with van der Waals surface area (Å²) in [6, 6.07) is 0.290. The summed E-state index contributed by atoms with van der Waals surface area (Å²) in [6.07, 6.45) is 5.95. The molecule has 3 N–H and O–H groups in total. The zero-order valence-electron chi connectivity index (χ0n) is 10.5. The van der Waals surface area contributed by atoms with E-state index in [1.165, 1.54) is 11.1 Å². The van der Waals surface area contributed by atoms with Crippen LogP contribution in [-0.4, -0.2) is 21.9 Å². The Hall–Kier alpha value is -1.07. The number of anilines is 1. The van der Waals surface area contributed by atoms with Crippen molar-refractivity contribution < 1.29 is 0 Å². The highest BCUT2D eigenvalue weighted by Gasteiger charge is 2.22. The number of halogens is 1. The van der Waals surface area contributed by atoms with Gasteiger partial charge in [0.2, 0.25) is 0 Å². The van der Waals surface area contributed by atoms with Gasteiger partial charge < -0.3 is 11.1 Å². The van der Waals surface area contributed by atoms with Crippen LogP contribution in [0.2, 0.25) is 5.02 Å². The van der Waals surface area contributed by atoms with Gasteiger partial charge >= 0.3 is 0 Å². The molecule has 5 nitrogen and oxygen atoms in total. The van der Waals surface area contributed by atoms with Gasteiger partial charge in [-0.2, -0.15) is 5.10 Å². The first-order valence-electron chi connectivity index (χ1n) is 6.41. The zero-order chi connectivity index (χ0) is 13.1. The van der Waals surface area contributed by atoms with E-state index in [-0.39, 0.29) is 22.7 Å². The quantitative estimate of drug-likeness (QED) is 0.875. The summed E-state index contributed by atoms with van der Waals surface area (Å²) in [5, 5.41) is 7.52. The molecule has 0 unspecified atom stereocenters. The monoisotopic (exact) mass is 270 g/mol. The molecule has 0 saturated heterocycles. The lowest BCUT2D eigenvalue weighted by Gasteiger charge is -2.30. The molecule has 1 fully saturated rings. The number of nitrogens with zero attached hydrogens (tertiary/aromatic N) is 2. The maximum absolute atomic E-state index is 11.8. The summed E-state index contributed by atoms with van der Waals surface area (Å²) < 4.78 is 1.34. The first kappa shape index (κ1) is 13.4. The highest BCUT2D eigenvalue weighted by Crippen LogP contribution is 2.23. The van der Waals surface area contributed by atoms with Gasteiger partial charge in [0, 0.05) is 18.6 Å². The Kier molecular flexibility index (Phi) is 4.24. The number of rotatable bonds is 3. The predicted molar refractivity (Wildman–Crippen MR) is 73.0 cm³/mol. The van der Waals surface area contributed by atoms with E-state index in [1.807, 2.05) is 6.92 Å². The van der Waals surface area contributed by atoms with E-state index in [2.05, 4.69) is 10.4 Å². The van der Waals surface area contributed by atoms with Crippen molar-refractivity contribution in [1.29, 1.82) is 0 Å². The molecule has 1 heterocycles. The molecule has 0 aromatic carbocycles. The van der Waals surface area contributed by atoms with Crippen molar-refractivity contribution in [3.05, 3.63) is 21.6 Å². The van der Waals surface area contributed by atoms with Crippen LogP contribution in [-0.2, 0) is 6.54 Å². The topological polar surface area (TPSA) is 72.9 Å². The summed E-state index contributed by atoms with van der Waals surface area (Å²) in [4.78, 5) is 11.8. The summed E-state index contributed by atoms with van der Waals surface area (Å²) in [5.41, 5.74) is 6.40. The van der Waals surface area contributed by atoms with Gasteiger partial charge in [-0.05, 0) is 19.8 Å². The summed E-state index contributed by atoms with van der Waals surface area (Å²) in [5.74, 6) is 0. The number of nitrogens with one attached hydrogen (secondary N) is 1. The third-order valence-corrected chi connectivity index (χ3v) is 3.81. The minimum Gasteiger partial charge on any atom is -0.378 e. The Bertz CT molecular complexity index is 474. The Balaban J connectivity index is 2.19. The average Bonchev–Trinajstić information content (AvgIpc) is 2.38. The third kappa shape index (κ3) is 2.67. The molecule has 0 radical (unpaired) electrons. The van der Waals surface area contributed by atoms with E-state index in [0.29, 0.717) is 12.2 Å². The maximum atomic E-state index is 11.8. The smallest absolute Gasteiger partial charge is 0.287 e. The molecule has 1 aliphatic rings. The first-order chi connectivity index (χ1) is 8.63. The van der Waals surface area contributed by atoms with E-state index < -0.39 is 0 Å². The Morgan fingerprint density at radius 3 is 2.94 bits per heavy atom. The lowest BCUT2D eigenvalue weighted by Crippen LogP contribution is -2.43. The van der Waals surface area contributed by atoms with Gasteiger partial charge in [0.25, 0.3) is 5.56 Å². The minimum atomic E-state index is -0.256. The molecule has 100 valence electrons. The van der Waals surface area contributed by atoms with Gasteiger partial charge in [0.15, 0.2) is 0 Å². The van der Waals surface area contributed by atoms with Gasteiger partial charge in [-0.25, -0.2) is 4.68 Å². The number of hydrogen-bond donors (Lipinski definition) is 2. The van der Waals surface area contributed by atoms with Crippen molar-refractivity contribution in [3.63, 3.8) is 0 Å². The first-order valence-corrected chi connectivity index (χ1v) is 6.79. The van der Waals surface area contributed by atoms with Crippen LogP contribution in [0, 0.1) is 0 Å². The number of nitrogens with two attached hydrogens (primary N) is 1. The molecular weight excluding hydrogens is 252 g/mol. The maximum Gasteiger partial charge on any atom is 0.287 e. The van der Waals surface area contributed by atoms with E-state index >= 15 is 0 Å². The number of aryl methyl sites for hydroxylation is 1. The highest BCUT2D eigenvalue weighted by atomic mass is 35.5. The molecule has 6 heteroatoms. The van der Waals surface area contributed by atoms with E-state index in [0.717, 1.165) is 19.3 Å². The Morgan fingerprint density at radius 2 is 2.28 bits per heavy atom. The Labute approximate surface area is 111 Å². The van der Waals surface area contributed by atoms with Crippen LogP contribution in [0.3, 0.4) is 0 Å². The van der Waals surface area contributed by atoms with Gasteiger partial charge in [-0.1, -0.05) is 24.4 Å². The molecule has 18 heavy (non-hydrogen) atoms. The van der Waals surface area contributed by atoms with Crippen LogP contribution >= 0.6 is 11.6 Å². The van der Waals surface area contributed by atoms with Crippen molar-refractivity contribution in [3.8, 4) is 0 Å².